The Bertz CT molecular complexity index is 1290. The number of H-pyrrole nitrogens is 1. The van der Waals surface area contributed by atoms with Crippen molar-refractivity contribution < 1.29 is 18.6 Å². The molecule has 2 N–H and O–H groups in total. The van der Waals surface area contributed by atoms with Crippen LogP contribution in [0.25, 0.3) is 22.2 Å². The van der Waals surface area contributed by atoms with E-state index >= 15 is 0 Å². The summed E-state index contributed by atoms with van der Waals surface area (Å²) >= 11 is 5.72. The predicted octanol–water partition coefficient (Wildman–Crippen LogP) is 5.71. The number of nitrogens with zero attached hydrogens (tertiary/aromatic N) is 3. The molecule has 1 fully saturated rings. The highest BCUT2D eigenvalue weighted by Crippen LogP contribution is 2.43. The minimum atomic E-state index is -1.17. The summed E-state index contributed by atoms with van der Waals surface area (Å²) < 4.78 is 36.4. The number of hydrogen-bond donors (Lipinski definition) is 2. The second-order valence-electron chi connectivity index (χ2n) is 8.20. The normalized spacial score (nSPS) is 14.4. The molecule has 0 unspecified atom stereocenters. The Labute approximate surface area is 181 Å². The van der Waals surface area contributed by atoms with Gasteiger partial charge in [-0.15, -0.1) is 10.2 Å². The van der Waals surface area contributed by atoms with Crippen molar-refractivity contribution in [2.75, 3.05) is 0 Å². The fourth-order valence-corrected chi connectivity index (χ4v) is 3.96. The highest BCUT2D eigenvalue weighted by molar-refractivity contribution is 6.30. The van der Waals surface area contributed by atoms with Crippen molar-refractivity contribution in [3.63, 3.8) is 0 Å². The molecule has 0 aliphatic heterocycles. The Hall–Kier alpha value is -3.13. The van der Waals surface area contributed by atoms with Crippen LogP contribution in [0.15, 0.2) is 36.5 Å². The van der Waals surface area contributed by atoms with Gasteiger partial charge in [0.1, 0.15) is 0 Å². The van der Waals surface area contributed by atoms with Crippen LogP contribution in [0.1, 0.15) is 38.6 Å². The molecule has 4 aromatic rings. The third kappa shape index (κ3) is 3.40. The standard InChI is InChI=1S/C22H19ClF2N4O2/c1-22(2,31-18-16(24)8-13(23)9-17(18)25)21-28-27-19(29(21)14-4-5-14)11-3-6-15-12(7-11)10-26-20(15)30/h3,6-10,14,26,30H,4-5H2,1-2H3. The number of nitrogens with one attached hydrogen (secondary N) is 1. The first-order valence-corrected chi connectivity index (χ1v) is 10.2. The summed E-state index contributed by atoms with van der Waals surface area (Å²) in [7, 11) is 0. The Morgan fingerprint density at radius 2 is 1.87 bits per heavy atom. The van der Waals surface area contributed by atoms with Gasteiger partial charge in [-0.3, -0.25) is 0 Å². The van der Waals surface area contributed by atoms with Gasteiger partial charge in [0.05, 0.1) is 0 Å². The van der Waals surface area contributed by atoms with E-state index in [4.69, 9.17) is 16.3 Å². The second kappa shape index (κ2) is 6.95. The number of fused-ring (bicyclic) bond motifs is 1. The summed E-state index contributed by atoms with van der Waals surface area (Å²) in [4.78, 5) is 2.79. The fraction of sp³-hybridized carbons (Fsp3) is 0.273. The van der Waals surface area contributed by atoms with E-state index in [1.54, 1.807) is 20.0 Å². The summed E-state index contributed by atoms with van der Waals surface area (Å²) in [6, 6.07) is 7.77. The number of benzene rings is 2. The zero-order valence-electron chi connectivity index (χ0n) is 16.8. The summed E-state index contributed by atoms with van der Waals surface area (Å²) in [5.41, 5.74) is -0.350. The van der Waals surface area contributed by atoms with Gasteiger partial charge < -0.3 is 19.4 Å². The summed E-state index contributed by atoms with van der Waals surface area (Å²) in [6.07, 6.45) is 3.61. The lowest BCUT2D eigenvalue weighted by Gasteiger charge is -2.27. The highest BCUT2D eigenvalue weighted by atomic mass is 35.5. The van der Waals surface area contributed by atoms with E-state index in [1.807, 2.05) is 22.8 Å². The third-order valence-corrected chi connectivity index (χ3v) is 5.61. The van der Waals surface area contributed by atoms with Crippen LogP contribution in [0.2, 0.25) is 5.02 Å². The molecule has 6 nitrogen and oxygen atoms in total. The van der Waals surface area contributed by atoms with Crippen LogP contribution in [0, 0.1) is 11.6 Å². The van der Waals surface area contributed by atoms with Crippen molar-refractivity contribution in [2.45, 2.75) is 38.3 Å². The highest BCUT2D eigenvalue weighted by Gasteiger charge is 2.38. The van der Waals surface area contributed by atoms with Gasteiger partial charge in [0.25, 0.3) is 0 Å². The van der Waals surface area contributed by atoms with Crippen molar-refractivity contribution in [1.29, 1.82) is 0 Å². The third-order valence-electron chi connectivity index (χ3n) is 5.40. The van der Waals surface area contributed by atoms with E-state index in [9.17, 15) is 13.9 Å². The average Bonchev–Trinajstić information content (AvgIpc) is 3.34. The number of aromatic hydroxyl groups is 1. The molecule has 31 heavy (non-hydrogen) atoms. The van der Waals surface area contributed by atoms with Gasteiger partial charge in [0.2, 0.25) is 0 Å². The topological polar surface area (TPSA) is 76.0 Å². The monoisotopic (exact) mass is 444 g/mol. The molecule has 0 radical (unpaired) electrons. The molecule has 2 heterocycles. The van der Waals surface area contributed by atoms with Crippen LogP contribution in [0.5, 0.6) is 11.6 Å². The van der Waals surface area contributed by atoms with Crippen LogP contribution in [-0.2, 0) is 5.60 Å². The predicted molar refractivity (Wildman–Crippen MR) is 112 cm³/mol. The first kappa shape index (κ1) is 19.8. The molecule has 1 aliphatic rings. The number of ether oxygens (including phenoxy) is 1. The molecule has 0 spiro atoms. The average molecular weight is 445 g/mol. The van der Waals surface area contributed by atoms with Crippen molar-refractivity contribution in [1.82, 2.24) is 19.7 Å². The van der Waals surface area contributed by atoms with Gasteiger partial charge in [0, 0.05) is 33.6 Å². The Kier molecular flexibility index (Phi) is 4.44. The summed E-state index contributed by atoms with van der Waals surface area (Å²) in [6.45, 7) is 3.39. The second-order valence-corrected chi connectivity index (χ2v) is 8.64. The van der Waals surface area contributed by atoms with E-state index in [0.717, 1.165) is 35.9 Å². The SMILES string of the molecule is CC(C)(Oc1c(F)cc(Cl)cc1F)c1nnc(-c2ccc3c(O)[nH]cc3c2)n1C1CC1. The lowest BCUT2D eigenvalue weighted by atomic mass is 10.1. The smallest absolute Gasteiger partial charge is 0.196 e. The molecule has 1 aliphatic carbocycles. The van der Waals surface area contributed by atoms with Crippen molar-refractivity contribution in [3.05, 3.63) is 59.0 Å². The first-order chi connectivity index (χ1) is 14.7. The van der Waals surface area contributed by atoms with E-state index in [-0.39, 0.29) is 16.9 Å². The van der Waals surface area contributed by atoms with E-state index in [1.165, 1.54) is 0 Å². The zero-order valence-corrected chi connectivity index (χ0v) is 17.5. The Morgan fingerprint density at radius 3 is 2.55 bits per heavy atom. The largest absolute Gasteiger partial charge is 0.494 e. The van der Waals surface area contributed by atoms with Crippen molar-refractivity contribution >= 4 is 22.4 Å². The van der Waals surface area contributed by atoms with Crippen LogP contribution in [0.4, 0.5) is 8.78 Å². The van der Waals surface area contributed by atoms with Crippen LogP contribution >= 0.6 is 11.6 Å². The molecular formula is C22H19ClF2N4O2. The summed E-state index contributed by atoms with van der Waals surface area (Å²) in [5, 5.41) is 20.1. The molecule has 160 valence electrons. The first-order valence-electron chi connectivity index (χ1n) is 9.84. The molecule has 5 rings (SSSR count). The molecule has 2 aromatic carbocycles. The van der Waals surface area contributed by atoms with Gasteiger partial charge in [-0.1, -0.05) is 17.7 Å². The maximum Gasteiger partial charge on any atom is 0.196 e. The van der Waals surface area contributed by atoms with Gasteiger partial charge in [0.15, 0.2) is 40.5 Å². The Morgan fingerprint density at radius 1 is 1.16 bits per heavy atom. The molecule has 1 saturated carbocycles. The van der Waals surface area contributed by atoms with E-state index < -0.39 is 23.0 Å². The molecule has 0 bridgehead atoms. The maximum atomic E-state index is 14.3. The van der Waals surface area contributed by atoms with E-state index in [2.05, 4.69) is 15.2 Å². The minimum Gasteiger partial charge on any atom is -0.494 e. The number of aromatic amines is 1. The van der Waals surface area contributed by atoms with Crippen molar-refractivity contribution in [2.24, 2.45) is 0 Å². The zero-order chi connectivity index (χ0) is 21.9. The number of aromatic nitrogens is 4. The van der Waals surface area contributed by atoms with Crippen LogP contribution in [0.3, 0.4) is 0 Å². The maximum absolute atomic E-state index is 14.3. The lowest BCUT2D eigenvalue weighted by molar-refractivity contribution is 0.0825. The molecular weight excluding hydrogens is 426 g/mol. The number of rotatable bonds is 5. The van der Waals surface area contributed by atoms with Gasteiger partial charge in [-0.25, -0.2) is 8.78 Å². The Balaban J connectivity index is 1.57. The molecule has 0 amide bonds. The minimum absolute atomic E-state index is 0.0465. The lowest BCUT2D eigenvalue weighted by Crippen LogP contribution is -2.30. The molecule has 0 atom stereocenters. The van der Waals surface area contributed by atoms with Crippen LogP contribution in [-0.4, -0.2) is 24.9 Å². The number of hydrogen-bond acceptors (Lipinski definition) is 4. The molecule has 2 aromatic heterocycles. The van der Waals surface area contributed by atoms with Gasteiger partial charge >= 0.3 is 0 Å². The fourth-order valence-electron chi connectivity index (χ4n) is 3.77. The van der Waals surface area contributed by atoms with Gasteiger partial charge in [-0.2, -0.15) is 0 Å². The van der Waals surface area contributed by atoms with Gasteiger partial charge in [-0.05, 0) is 51.0 Å². The molecule has 0 saturated heterocycles. The number of halogens is 3. The molecule has 9 heteroatoms. The van der Waals surface area contributed by atoms with Crippen LogP contribution < -0.4 is 4.74 Å². The van der Waals surface area contributed by atoms with Crippen molar-refractivity contribution in [3.8, 4) is 23.0 Å². The van der Waals surface area contributed by atoms with E-state index in [0.29, 0.717) is 17.0 Å². The quantitative estimate of drug-likeness (QED) is 0.413. The summed E-state index contributed by atoms with van der Waals surface area (Å²) in [5.74, 6) is -1.07.